The van der Waals surface area contributed by atoms with Crippen LogP contribution in [0.1, 0.15) is 55.1 Å². The molecule has 0 radical (unpaired) electrons. The molecule has 6 heteroatoms. The molecule has 186 valence electrons. The third-order valence-corrected chi connectivity index (χ3v) is 6.18. The maximum absolute atomic E-state index is 13.2. The summed E-state index contributed by atoms with van der Waals surface area (Å²) in [6, 6.07) is 22.2. The Morgan fingerprint density at radius 3 is 2.39 bits per heavy atom. The molecule has 1 aliphatic rings. The Bertz CT molecular complexity index is 1260. The standard InChI is InChI=1S/C30H32N2O4/c1-5-28(36-23-9-7-6-8-10-23)29(34)31-22-14-11-20(12-15-22)27(33)18-26-25-17-24(35-4)16-13-21(25)19-30(2,3)32-26/h6-17,28H,5,18-19H2,1-4H3,(H,31,34). The lowest BCUT2D eigenvalue weighted by molar-refractivity contribution is -0.122. The van der Waals surface area contributed by atoms with Crippen molar-refractivity contribution in [3.63, 3.8) is 0 Å². The summed E-state index contributed by atoms with van der Waals surface area (Å²) < 4.78 is 11.2. The van der Waals surface area contributed by atoms with Crippen LogP contribution in [0.2, 0.25) is 0 Å². The average molecular weight is 485 g/mol. The maximum Gasteiger partial charge on any atom is 0.265 e. The Labute approximate surface area is 212 Å². The molecule has 1 amide bonds. The van der Waals surface area contributed by atoms with Crippen LogP contribution in [0.15, 0.2) is 77.8 Å². The van der Waals surface area contributed by atoms with Gasteiger partial charge in [0.25, 0.3) is 5.91 Å². The molecule has 36 heavy (non-hydrogen) atoms. The monoisotopic (exact) mass is 484 g/mol. The average Bonchev–Trinajstić information content (AvgIpc) is 2.87. The highest BCUT2D eigenvalue weighted by Crippen LogP contribution is 2.31. The molecule has 0 aliphatic carbocycles. The van der Waals surface area contributed by atoms with Gasteiger partial charge in [0, 0.05) is 16.8 Å². The van der Waals surface area contributed by atoms with Crippen LogP contribution in [-0.4, -0.2) is 36.2 Å². The predicted octanol–water partition coefficient (Wildman–Crippen LogP) is 5.89. The van der Waals surface area contributed by atoms with Crippen molar-refractivity contribution < 1.29 is 19.1 Å². The lowest BCUT2D eigenvalue weighted by Crippen LogP contribution is -2.32. The quantitative estimate of drug-likeness (QED) is 0.384. The third-order valence-electron chi connectivity index (χ3n) is 6.18. The van der Waals surface area contributed by atoms with Crippen molar-refractivity contribution in [2.75, 3.05) is 12.4 Å². The van der Waals surface area contributed by atoms with Gasteiger partial charge >= 0.3 is 0 Å². The first-order chi connectivity index (χ1) is 17.3. The van der Waals surface area contributed by atoms with Gasteiger partial charge in [0.05, 0.1) is 24.8 Å². The van der Waals surface area contributed by atoms with Crippen molar-refractivity contribution in [1.82, 2.24) is 0 Å². The van der Waals surface area contributed by atoms with E-state index in [1.807, 2.05) is 49.4 Å². The number of anilines is 1. The van der Waals surface area contributed by atoms with Crippen LogP contribution in [0.4, 0.5) is 5.69 Å². The number of nitrogens with zero attached hydrogens (tertiary/aromatic N) is 1. The van der Waals surface area contributed by atoms with Gasteiger partial charge in [-0.05, 0) is 80.8 Å². The van der Waals surface area contributed by atoms with Crippen LogP contribution in [0.5, 0.6) is 11.5 Å². The number of amides is 1. The highest BCUT2D eigenvalue weighted by atomic mass is 16.5. The molecule has 0 spiro atoms. The number of ether oxygens (including phenoxy) is 2. The Balaban J connectivity index is 1.44. The van der Waals surface area contributed by atoms with Crippen molar-refractivity contribution in [3.8, 4) is 11.5 Å². The fourth-order valence-corrected chi connectivity index (χ4v) is 4.37. The van der Waals surface area contributed by atoms with Gasteiger partial charge in [0.15, 0.2) is 11.9 Å². The molecule has 1 unspecified atom stereocenters. The number of methoxy groups -OCH3 is 1. The summed E-state index contributed by atoms with van der Waals surface area (Å²) in [7, 11) is 1.63. The van der Waals surface area contributed by atoms with E-state index in [1.165, 1.54) is 5.56 Å². The van der Waals surface area contributed by atoms with Gasteiger partial charge in [0.2, 0.25) is 0 Å². The summed E-state index contributed by atoms with van der Waals surface area (Å²) in [6.45, 7) is 6.05. The lowest BCUT2D eigenvalue weighted by Gasteiger charge is -2.29. The maximum atomic E-state index is 13.2. The smallest absolute Gasteiger partial charge is 0.265 e. The van der Waals surface area contributed by atoms with Crippen molar-refractivity contribution >= 4 is 23.1 Å². The van der Waals surface area contributed by atoms with Crippen molar-refractivity contribution in [2.24, 2.45) is 4.99 Å². The lowest BCUT2D eigenvalue weighted by atomic mass is 9.85. The molecule has 3 aromatic carbocycles. The van der Waals surface area contributed by atoms with E-state index < -0.39 is 6.10 Å². The van der Waals surface area contributed by atoms with Crippen molar-refractivity contribution in [1.29, 1.82) is 0 Å². The molecule has 1 heterocycles. The highest BCUT2D eigenvalue weighted by Gasteiger charge is 2.28. The second-order valence-electron chi connectivity index (χ2n) is 9.57. The molecular formula is C30H32N2O4. The fraction of sp³-hybridized carbons (Fsp3) is 0.300. The first-order valence-electron chi connectivity index (χ1n) is 12.2. The first kappa shape index (κ1) is 25.2. The number of carbonyl (C=O) groups is 2. The van der Waals surface area contributed by atoms with Gasteiger partial charge in [0.1, 0.15) is 11.5 Å². The molecule has 0 fully saturated rings. The molecule has 6 nitrogen and oxygen atoms in total. The zero-order chi connectivity index (χ0) is 25.7. The highest BCUT2D eigenvalue weighted by molar-refractivity contribution is 6.17. The van der Waals surface area contributed by atoms with Crippen LogP contribution in [-0.2, 0) is 11.2 Å². The zero-order valence-corrected chi connectivity index (χ0v) is 21.2. The van der Waals surface area contributed by atoms with E-state index in [0.717, 1.165) is 23.4 Å². The van der Waals surface area contributed by atoms with Gasteiger partial charge in [-0.3, -0.25) is 14.6 Å². The number of aliphatic imine (C=N–C) groups is 1. The fourth-order valence-electron chi connectivity index (χ4n) is 4.37. The normalized spacial score (nSPS) is 14.7. The molecule has 0 saturated carbocycles. The van der Waals surface area contributed by atoms with Gasteiger partial charge in [-0.1, -0.05) is 31.2 Å². The molecule has 1 N–H and O–H groups in total. The summed E-state index contributed by atoms with van der Waals surface area (Å²) in [6.07, 6.45) is 0.920. The Hall–Kier alpha value is -3.93. The number of hydrogen-bond donors (Lipinski definition) is 1. The van der Waals surface area contributed by atoms with Crippen LogP contribution in [0.25, 0.3) is 0 Å². The molecule has 1 aliphatic heterocycles. The summed E-state index contributed by atoms with van der Waals surface area (Å²) in [4.78, 5) is 30.8. The first-order valence-corrected chi connectivity index (χ1v) is 12.2. The SMILES string of the molecule is CCC(Oc1ccccc1)C(=O)Nc1ccc(C(=O)CC2=NC(C)(C)Cc3ccc(OC)cc32)cc1. The Morgan fingerprint density at radius 2 is 1.72 bits per heavy atom. The van der Waals surface area contributed by atoms with Crippen molar-refractivity contribution in [2.45, 2.75) is 51.7 Å². The number of para-hydroxylation sites is 1. The molecule has 0 aromatic heterocycles. The summed E-state index contributed by atoms with van der Waals surface area (Å²) in [5.41, 5.74) is 3.80. The van der Waals surface area contributed by atoms with E-state index in [2.05, 4.69) is 25.2 Å². The van der Waals surface area contributed by atoms with E-state index in [0.29, 0.717) is 23.4 Å². The van der Waals surface area contributed by atoms with Gasteiger partial charge in [-0.15, -0.1) is 0 Å². The summed E-state index contributed by atoms with van der Waals surface area (Å²) in [5, 5.41) is 2.88. The van der Waals surface area contributed by atoms with Gasteiger partial charge < -0.3 is 14.8 Å². The van der Waals surface area contributed by atoms with Crippen LogP contribution in [0, 0.1) is 0 Å². The third kappa shape index (κ3) is 6.00. The number of carbonyl (C=O) groups excluding carboxylic acids is 2. The van der Waals surface area contributed by atoms with Crippen molar-refractivity contribution in [3.05, 3.63) is 89.5 Å². The Kier molecular flexibility index (Phi) is 7.53. The second kappa shape index (κ2) is 10.8. The summed E-state index contributed by atoms with van der Waals surface area (Å²) in [5.74, 6) is 1.13. The van der Waals surface area contributed by atoms with Gasteiger partial charge in [-0.25, -0.2) is 0 Å². The molecule has 4 rings (SSSR count). The van der Waals surface area contributed by atoms with Gasteiger partial charge in [-0.2, -0.15) is 0 Å². The number of ketones is 1. The van der Waals surface area contributed by atoms with E-state index >= 15 is 0 Å². The zero-order valence-electron chi connectivity index (χ0n) is 21.2. The van der Waals surface area contributed by atoms with E-state index in [-0.39, 0.29) is 23.7 Å². The minimum atomic E-state index is -0.613. The number of rotatable bonds is 9. The topological polar surface area (TPSA) is 77.0 Å². The predicted molar refractivity (Wildman–Crippen MR) is 142 cm³/mol. The van der Waals surface area contributed by atoms with Crippen LogP contribution >= 0.6 is 0 Å². The number of fused-ring (bicyclic) bond motifs is 1. The summed E-state index contributed by atoms with van der Waals surface area (Å²) >= 11 is 0. The largest absolute Gasteiger partial charge is 0.497 e. The van der Waals surface area contributed by atoms with E-state index in [9.17, 15) is 9.59 Å². The minimum absolute atomic E-state index is 0.0306. The second-order valence-corrected chi connectivity index (χ2v) is 9.57. The van der Waals surface area contributed by atoms with Crippen LogP contribution in [0.3, 0.4) is 0 Å². The molecular weight excluding hydrogens is 452 g/mol. The molecule has 0 bridgehead atoms. The minimum Gasteiger partial charge on any atom is -0.497 e. The van der Waals surface area contributed by atoms with E-state index in [4.69, 9.17) is 14.5 Å². The molecule has 0 saturated heterocycles. The Morgan fingerprint density at radius 1 is 1.00 bits per heavy atom. The number of hydrogen-bond acceptors (Lipinski definition) is 5. The molecule has 3 aromatic rings. The number of Topliss-reactive ketones (excluding diaryl/α,β-unsaturated/α-hetero) is 1. The van der Waals surface area contributed by atoms with Crippen LogP contribution < -0.4 is 14.8 Å². The van der Waals surface area contributed by atoms with E-state index in [1.54, 1.807) is 31.4 Å². The number of nitrogens with one attached hydrogen (secondary N) is 1. The molecule has 1 atom stereocenters. The number of benzene rings is 3.